The lowest BCUT2D eigenvalue weighted by Crippen LogP contribution is -2.53. The van der Waals surface area contributed by atoms with Gasteiger partial charge < -0.3 is 15.7 Å². The molecule has 2 unspecified atom stereocenters. The summed E-state index contributed by atoms with van der Waals surface area (Å²) < 4.78 is 0. The van der Waals surface area contributed by atoms with Gasteiger partial charge >= 0.3 is 5.97 Å². The third-order valence-corrected chi connectivity index (χ3v) is 3.70. The lowest BCUT2D eigenvalue weighted by atomic mass is 9.71. The Kier molecular flexibility index (Phi) is 5.14. The van der Waals surface area contributed by atoms with Crippen LogP contribution in [0, 0.1) is 5.41 Å². The minimum absolute atomic E-state index is 0.122. The van der Waals surface area contributed by atoms with Crippen LogP contribution >= 0.6 is 0 Å². The highest BCUT2D eigenvalue weighted by Crippen LogP contribution is 2.36. The second-order valence-corrected chi connectivity index (χ2v) is 5.62. The first kappa shape index (κ1) is 15.0. The number of aliphatic carboxylic acids is 1. The molecule has 0 aromatic rings. The topological polar surface area (TPSA) is 78.4 Å². The van der Waals surface area contributed by atoms with Gasteiger partial charge in [0.15, 0.2) is 0 Å². The molecule has 18 heavy (non-hydrogen) atoms. The van der Waals surface area contributed by atoms with Gasteiger partial charge in [0.25, 0.3) is 0 Å². The van der Waals surface area contributed by atoms with Crippen molar-refractivity contribution in [3.8, 4) is 0 Å². The van der Waals surface area contributed by atoms with E-state index in [2.05, 4.69) is 10.6 Å². The fourth-order valence-corrected chi connectivity index (χ4v) is 2.36. The Hall–Kier alpha value is -1.10. The summed E-state index contributed by atoms with van der Waals surface area (Å²) in [5.41, 5.74) is -0.828. The van der Waals surface area contributed by atoms with Crippen LogP contribution in [0.4, 0.5) is 0 Å². The van der Waals surface area contributed by atoms with E-state index < -0.39 is 11.4 Å². The van der Waals surface area contributed by atoms with Crippen LogP contribution in [0.15, 0.2) is 0 Å². The van der Waals surface area contributed by atoms with Gasteiger partial charge in [-0.05, 0) is 19.8 Å². The van der Waals surface area contributed by atoms with Gasteiger partial charge in [-0.3, -0.25) is 9.59 Å². The number of nitrogens with one attached hydrogen (secondary N) is 2. The van der Waals surface area contributed by atoms with E-state index >= 15 is 0 Å². The van der Waals surface area contributed by atoms with Gasteiger partial charge in [-0.15, -0.1) is 0 Å². The molecule has 1 aliphatic rings. The number of carboxylic acid groups (broad SMARTS) is 1. The fourth-order valence-electron chi connectivity index (χ4n) is 2.36. The van der Waals surface area contributed by atoms with Crippen molar-refractivity contribution in [1.82, 2.24) is 10.6 Å². The molecular weight excluding hydrogens is 232 g/mol. The number of rotatable bonds is 5. The second kappa shape index (κ2) is 6.18. The maximum absolute atomic E-state index is 11.8. The standard InChI is InChI=1S/C13H24N2O3/c1-9(2)14-8-11(16)15-10-6-4-5-7-13(10,3)12(17)18/h9-10,14H,4-8H2,1-3H3,(H,15,16)(H,17,18). The molecule has 1 aliphatic carbocycles. The molecule has 5 heteroatoms. The van der Waals surface area contributed by atoms with Crippen LogP contribution in [0.25, 0.3) is 0 Å². The molecule has 1 fully saturated rings. The van der Waals surface area contributed by atoms with Crippen molar-refractivity contribution in [2.45, 2.75) is 58.5 Å². The van der Waals surface area contributed by atoms with Crippen molar-refractivity contribution in [2.24, 2.45) is 5.41 Å². The van der Waals surface area contributed by atoms with Crippen LogP contribution in [0.2, 0.25) is 0 Å². The maximum Gasteiger partial charge on any atom is 0.311 e. The van der Waals surface area contributed by atoms with E-state index in [1.165, 1.54) is 0 Å². The molecule has 1 rings (SSSR count). The average molecular weight is 256 g/mol. The fraction of sp³-hybridized carbons (Fsp3) is 0.846. The van der Waals surface area contributed by atoms with Gasteiger partial charge in [0.1, 0.15) is 0 Å². The Morgan fingerprint density at radius 1 is 1.39 bits per heavy atom. The minimum Gasteiger partial charge on any atom is -0.481 e. The molecule has 0 aliphatic heterocycles. The highest BCUT2D eigenvalue weighted by Gasteiger charge is 2.43. The van der Waals surface area contributed by atoms with E-state index in [1.54, 1.807) is 6.92 Å². The van der Waals surface area contributed by atoms with Crippen molar-refractivity contribution in [2.75, 3.05) is 6.54 Å². The molecule has 0 bridgehead atoms. The molecule has 1 amide bonds. The van der Waals surface area contributed by atoms with Gasteiger partial charge in [-0.2, -0.15) is 0 Å². The quantitative estimate of drug-likeness (QED) is 0.689. The summed E-state index contributed by atoms with van der Waals surface area (Å²) >= 11 is 0. The third-order valence-electron chi connectivity index (χ3n) is 3.70. The molecule has 5 nitrogen and oxygen atoms in total. The number of hydrogen-bond acceptors (Lipinski definition) is 3. The first-order valence-electron chi connectivity index (χ1n) is 6.62. The summed E-state index contributed by atoms with van der Waals surface area (Å²) in [4.78, 5) is 23.1. The van der Waals surface area contributed by atoms with E-state index in [4.69, 9.17) is 0 Å². The van der Waals surface area contributed by atoms with E-state index in [9.17, 15) is 14.7 Å². The molecule has 0 saturated heterocycles. The third kappa shape index (κ3) is 3.70. The minimum atomic E-state index is -0.828. The molecule has 0 radical (unpaired) electrons. The van der Waals surface area contributed by atoms with Crippen molar-refractivity contribution in [3.63, 3.8) is 0 Å². The normalized spacial score (nSPS) is 28.1. The van der Waals surface area contributed by atoms with Gasteiger partial charge in [-0.25, -0.2) is 0 Å². The van der Waals surface area contributed by atoms with Gasteiger partial charge in [0.2, 0.25) is 5.91 Å². The highest BCUT2D eigenvalue weighted by molar-refractivity contribution is 5.81. The zero-order valence-corrected chi connectivity index (χ0v) is 11.5. The zero-order chi connectivity index (χ0) is 13.8. The highest BCUT2D eigenvalue weighted by atomic mass is 16.4. The summed E-state index contributed by atoms with van der Waals surface area (Å²) in [6.07, 6.45) is 3.27. The van der Waals surface area contributed by atoms with Crippen molar-refractivity contribution >= 4 is 11.9 Å². The number of hydrogen-bond donors (Lipinski definition) is 3. The van der Waals surface area contributed by atoms with Crippen LogP contribution in [0.1, 0.15) is 46.5 Å². The number of amides is 1. The van der Waals surface area contributed by atoms with Crippen LogP contribution < -0.4 is 10.6 Å². The largest absolute Gasteiger partial charge is 0.481 e. The predicted octanol–water partition coefficient (Wildman–Crippen LogP) is 1.13. The number of carbonyl (C=O) groups is 2. The van der Waals surface area contributed by atoms with Gasteiger partial charge in [-0.1, -0.05) is 26.7 Å². The molecule has 0 spiro atoms. The predicted molar refractivity (Wildman–Crippen MR) is 69.3 cm³/mol. The summed E-state index contributed by atoms with van der Waals surface area (Å²) in [5, 5.41) is 15.2. The van der Waals surface area contributed by atoms with Crippen molar-refractivity contribution in [1.29, 1.82) is 0 Å². The van der Waals surface area contributed by atoms with Crippen LogP contribution in [0.3, 0.4) is 0 Å². The summed E-state index contributed by atoms with van der Waals surface area (Å²) in [5.74, 6) is -0.938. The Labute approximate surface area is 108 Å². The average Bonchev–Trinajstić information content (AvgIpc) is 2.29. The lowest BCUT2D eigenvalue weighted by molar-refractivity contribution is -0.152. The van der Waals surface area contributed by atoms with Crippen LogP contribution in [-0.4, -0.2) is 35.6 Å². The molecular formula is C13H24N2O3. The van der Waals surface area contributed by atoms with E-state index in [0.717, 1.165) is 19.3 Å². The van der Waals surface area contributed by atoms with E-state index in [1.807, 2.05) is 13.8 Å². The van der Waals surface area contributed by atoms with Crippen molar-refractivity contribution < 1.29 is 14.7 Å². The van der Waals surface area contributed by atoms with Crippen molar-refractivity contribution in [3.05, 3.63) is 0 Å². The summed E-state index contributed by atoms with van der Waals surface area (Å²) in [6.45, 7) is 5.91. The molecule has 0 heterocycles. The molecule has 2 atom stereocenters. The molecule has 104 valence electrons. The second-order valence-electron chi connectivity index (χ2n) is 5.62. The Morgan fingerprint density at radius 2 is 2.06 bits per heavy atom. The number of carboxylic acids is 1. The lowest BCUT2D eigenvalue weighted by Gasteiger charge is -2.38. The first-order chi connectivity index (χ1) is 8.36. The Morgan fingerprint density at radius 3 is 2.61 bits per heavy atom. The van der Waals surface area contributed by atoms with Crippen LogP contribution in [-0.2, 0) is 9.59 Å². The summed E-state index contributed by atoms with van der Waals surface area (Å²) in [7, 11) is 0. The Bertz CT molecular complexity index is 317. The molecule has 0 aromatic heterocycles. The summed E-state index contributed by atoms with van der Waals surface area (Å²) in [6, 6.07) is -0.0156. The molecule has 1 saturated carbocycles. The number of carbonyl (C=O) groups excluding carboxylic acids is 1. The first-order valence-corrected chi connectivity index (χ1v) is 6.62. The Balaban J connectivity index is 2.57. The van der Waals surface area contributed by atoms with Gasteiger partial charge in [0, 0.05) is 12.1 Å². The van der Waals surface area contributed by atoms with E-state index in [0.29, 0.717) is 6.42 Å². The molecule has 3 N–H and O–H groups in total. The van der Waals surface area contributed by atoms with Crippen LogP contribution in [0.5, 0.6) is 0 Å². The smallest absolute Gasteiger partial charge is 0.311 e. The monoisotopic (exact) mass is 256 g/mol. The zero-order valence-electron chi connectivity index (χ0n) is 11.5. The van der Waals surface area contributed by atoms with Gasteiger partial charge in [0.05, 0.1) is 12.0 Å². The SMILES string of the molecule is CC(C)NCC(=O)NC1CCCCC1(C)C(=O)O. The van der Waals surface area contributed by atoms with E-state index in [-0.39, 0.29) is 24.5 Å². The molecule has 0 aromatic carbocycles. The maximum atomic E-state index is 11.8.